The predicted octanol–water partition coefficient (Wildman–Crippen LogP) is -0.539. The molecule has 0 aromatic heterocycles. The third-order valence-corrected chi connectivity index (χ3v) is 3.18. The van der Waals surface area contributed by atoms with Gasteiger partial charge in [-0.3, -0.25) is 4.79 Å². The average molecular weight is 184 g/mol. The first-order valence-electron chi connectivity index (χ1n) is 4.87. The zero-order chi connectivity index (χ0) is 9.47. The number of rotatable bonds is 3. The molecule has 0 aromatic carbocycles. The Balaban J connectivity index is 1.71. The van der Waals surface area contributed by atoms with E-state index in [2.05, 4.69) is 0 Å². The Kier molecular flexibility index (Phi) is 2.04. The van der Waals surface area contributed by atoms with Gasteiger partial charge in [-0.2, -0.15) is 0 Å². The van der Waals surface area contributed by atoms with Gasteiger partial charge in [0.25, 0.3) is 0 Å². The van der Waals surface area contributed by atoms with Crippen LogP contribution in [0, 0.1) is 0 Å². The highest BCUT2D eigenvalue weighted by molar-refractivity contribution is 5.87. The van der Waals surface area contributed by atoms with Crippen LogP contribution in [0.1, 0.15) is 25.7 Å². The first-order valence-corrected chi connectivity index (χ1v) is 4.87. The van der Waals surface area contributed by atoms with E-state index in [1.807, 2.05) is 0 Å². The molecule has 1 aliphatic carbocycles. The topological polar surface area (TPSA) is 66.6 Å². The van der Waals surface area contributed by atoms with Crippen LogP contribution in [0.4, 0.5) is 0 Å². The molecule has 0 bridgehead atoms. The van der Waals surface area contributed by atoms with Crippen molar-refractivity contribution in [2.45, 2.75) is 37.3 Å². The maximum atomic E-state index is 11.1. The molecule has 1 saturated carbocycles. The molecule has 4 nitrogen and oxygen atoms in total. The Labute approximate surface area is 77.7 Å². The molecule has 0 aromatic rings. The summed E-state index contributed by atoms with van der Waals surface area (Å²) in [6, 6.07) is -0.281. The zero-order valence-corrected chi connectivity index (χ0v) is 7.70. The first-order chi connectivity index (χ1) is 6.11. The monoisotopic (exact) mass is 184 g/mol. The van der Waals surface area contributed by atoms with Crippen molar-refractivity contribution in [2.75, 3.05) is 13.1 Å². The molecule has 13 heavy (non-hydrogen) atoms. The average Bonchev–Trinajstić information content (AvgIpc) is 2.08. The van der Waals surface area contributed by atoms with E-state index in [-0.39, 0.29) is 11.9 Å². The summed E-state index contributed by atoms with van der Waals surface area (Å²) in [6.45, 7) is 1.33. The Morgan fingerprint density at radius 1 is 1.62 bits per heavy atom. The quantitative estimate of drug-likeness (QED) is 0.579. The zero-order valence-electron chi connectivity index (χ0n) is 7.70. The van der Waals surface area contributed by atoms with Crippen LogP contribution in [0.2, 0.25) is 0 Å². The Morgan fingerprint density at radius 3 is 2.69 bits per heavy atom. The van der Waals surface area contributed by atoms with E-state index in [9.17, 15) is 9.90 Å². The van der Waals surface area contributed by atoms with Gasteiger partial charge in [0.15, 0.2) is 0 Å². The van der Waals surface area contributed by atoms with Crippen molar-refractivity contribution in [1.29, 1.82) is 0 Å². The third kappa shape index (κ3) is 1.56. The maximum Gasteiger partial charge on any atom is 0.241 e. The molecule has 0 spiro atoms. The summed E-state index contributed by atoms with van der Waals surface area (Å²) in [5.41, 5.74) is 4.97. The van der Waals surface area contributed by atoms with E-state index in [0.717, 1.165) is 19.3 Å². The minimum Gasteiger partial charge on any atom is -0.390 e. The van der Waals surface area contributed by atoms with Crippen molar-refractivity contribution in [3.05, 3.63) is 0 Å². The summed E-state index contributed by atoms with van der Waals surface area (Å²) in [5, 5.41) is 9.76. The Hall–Kier alpha value is -0.610. The molecule has 1 saturated heterocycles. The number of nitrogens with zero attached hydrogens (tertiary/aromatic N) is 1. The van der Waals surface area contributed by atoms with E-state index in [4.69, 9.17) is 5.73 Å². The van der Waals surface area contributed by atoms with E-state index in [0.29, 0.717) is 19.5 Å². The lowest BCUT2D eigenvalue weighted by Gasteiger charge is -2.41. The number of nitrogens with two attached hydrogens (primary N) is 1. The highest BCUT2D eigenvalue weighted by Gasteiger charge is 2.38. The van der Waals surface area contributed by atoms with Gasteiger partial charge >= 0.3 is 0 Å². The highest BCUT2D eigenvalue weighted by atomic mass is 16.3. The number of β-lactam (4-membered cyclic amide) rings is 1. The van der Waals surface area contributed by atoms with Gasteiger partial charge in [-0.05, 0) is 25.7 Å². The van der Waals surface area contributed by atoms with E-state index >= 15 is 0 Å². The minimum atomic E-state index is -0.472. The molecular weight excluding hydrogens is 168 g/mol. The van der Waals surface area contributed by atoms with Crippen LogP contribution in [0.25, 0.3) is 0 Å². The fraction of sp³-hybridized carbons (Fsp3) is 0.889. The van der Waals surface area contributed by atoms with Crippen molar-refractivity contribution in [3.63, 3.8) is 0 Å². The Morgan fingerprint density at radius 2 is 2.31 bits per heavy atom. The lowest BCUT2D eigenvalue weighted by atomic mass is 9.77. The molecule has 1 atom stereocenters. The van der Waals surface area contributed by atoms with Crippen LogP contribution in [0.3, 0.4) is 0 Å². The number of hydrogen-bond acceptors (Lipinski definition) is 3. The van der Waals surface area contributed by atoms with Gasteiger partial charge in [0, 0.05) is 13.1 Å². The van der Waals surface area contributed by atoms with Gasteiger partial charge in [0.05, 0.1) is 5.60 Å². The molecule has 74 valence electrons. The number of amides is 1. The molecule has 1 unspecified atom stereocenters. The second-order valence-corrected chi connectivity index (χ2v) is 4.22. The minimum absolute atomic E-state index is 0.0305. The number of likely N-dealkylation sites (tertiary alicyclic amines) is 1. The second-order valence-electron chi connectivity index (χ2n) is 4.22. The largest absolute Gasteiger partial charge is 0.390 e. The van der Waals surface area contributed by atoms with Gasteiger partial charge in [-0.1, -0.05) is 0 Å². The van der Waals surface area contributed by atoms with Crippen LogP contribution in [-0.4, -0.2) is 40.6 Å². The van der Waals surface area contributed by atoms with Gasteiger partial charge < -0.3 is 15.7 Å². The molecular formula is C9H16N2O2. The summed E-state index contributed by atoms with van der Waals surface area (Å²) in [7, 11) is 0. The number of aliphatic hydroxyl groups is 1. The molecule has 4 heteroatoms. The van der Waals surface area contributed by atoms with E-state index in [1.54, 1.807) is 4.90 Å². The second kappa shape index (κ2) is 2.96. The van der Waals surface area contributed by atoms with E-state index < -0.39 is 5.60 Å². The molecule has 1 amide bonds. The van der Waals surface area contributed by atoms with Gasteiger partial charge in [0.1, 0.15) is 6.04 Å². The van der Waals surface area contributed by atoms with Crippen LogP contribution in [-0.2, 0) is 4.79 Å². The van der Waals surface area contributed by atoms with Crippen molar-refractivity contribution < 1.29 is 9.90 Å². The molecule has 1 heterocycles. The summed E-state index contributed by atoms with van der Waals surface area (Å²) >= 11 is 0. The molecule has 2 fully saturated rings. The molecule has 1 aliphatic heterocycles. The first kappa shape index (κ1) is 8.97. The number of carbonyl (C=O) groups is 1. The Bertz CT molecular complexity index is 226. The summed E-state index contributed by atoms with van der Waals surface area (Å²) in [5.74, 6) is 0.0305. The standard InChI is InChI=1S/C9H16N2O2/c10-7-6-11(8(7)12)5-4-9(13)2-1-3-9/h7,13H,1-6,10H2. The van der Waals surface area contributed by atoms with Crippen molar-refractivity contribution in [1.82, 2.24) is 4.90 Å². The highest BCUT2D eigenvalue weighted by Crippen LogP contribution is 2.34. The predicted molar refractivity (Wildman–Crippen MR) is 48.0 cm³/mol. The summed E-state index contributed by atoms with van der Waals surface area (Å²) in [4.78, 5) is 12.8. The smallest absolute Gasteiger partial charge is 0.241 e. The SMILES string of the molecule is NC1CN(CCC2(O)CCC2)C1=O. The molecule has 3 N–H and O–H groups in total. The molecule has 2 rings (SSSR count). The fourth-order valence-electron chi connectivity index (χ4n) is 1.91. The van der Waals surface area contributed by atoms with Crippen LogP contribution >= 0.6 is 0 Å². The lowest BCUT2D eigenvalue weighted by Crippen LogP contribution is -2.61. The van der Waals surface area contributed by atoms with Crippen molar-refractivity contribution in [2.24, 2.45) is 5.73 Å². The van der Waals surface area contributed by atoms with Crippen molar-refractivity contribution in [3.8, 4) is 0 Å². The number of hydrogen-bond donors (Lipinski definition) is 2. The van der Waals surface area contributed by atoms with E-state index in [1.165, 1.54) is 0 Å². The number of carbonyl (C=O) groups excluding carboxylic acids is 1. The summed E-state index contributed by atoms with van der Waals surface area (Å²) < 4.78 is 0. The maximum absolute atomic E-state index is 11.1. The van der Waals surface area contributed by atoms with Crippen molar-refractivity contribution >= 4 is 5.91 Å². The van der Waals surface area contributed by atoms with Gasteiger partial charge in [-0.15, -0.1) is 0 Å². The summed E-state index contributed by atoms with van der Waals surface area (Å²) in [6.07, 6.45) is 3.61. The normalized spacial score (nSPS) is 31.1. The lowest BCUT2D eigenvalue weighted by molar-refractivity contribution is -0.144. The molecule has 2 aliphatic rings. The van der Waals surface area contributed by atoms with Gasteiger partial charge in [0.2, 0.25) is 5.91 Å². The van der Waals surface area contributed by atoms with Crippen LogP contribution in [0.5, 0.6) is 0 Å². The van der Waals surface area contributed by atoms with Crippen LogP contribution in [0.15, 0.2) is 0 Å². The fourth-order valence-corrected chi connectivity index (χ4v) is 1.91. The molecule has 0 radical (unpaired) electrons. The third-order valence-electron chi connectivity index (χ3n) is 3.18. The van der Waals surface area contributed by atoms with Gasteiger partial charge in [-0.25, -0.2) is 0 Å². The van der Waals surface area contributed by atoms with Crippen LogP contribution < -0.4 is 5.73 Å².